The van der Waals surface area contributed by atoms with Crippen molar-refractivity contribution in [3.63, 3.8) is 0 Å². The van der Waals surface area contributed by atoms with Gasteiger partial charge in [-0.15, -0.1) is 0 Å². The number of nitrogens with zero attached hydrogens (tertiary/aromatic N) is 2. The zero-order valence-corrected chi connectivity index (χ0v) is 19.3. The van der Waals surface area contributed by atoms with Crippen LogP contribution in [0.1, 0.15) is 62.7 Å². The molecule has 172 valence electrons. The molecule has 2 heterocycles. The minimum atomic E-state index is -0.218. The summed E-state index contributed by atoms with van der Waals surface area (Å²) in [5, 5.41) is 2.79. The summed E-state index contributed by atoms with van der Waals surface area (Å²) in [6.07, 6.45) is 6.91. The highest BCUT2D eigenvalue weighted by Gasteiger charge is 2.26. The topological polar surface area (TPSA) is 61.9 Å². The van der Waals surface area contributed by atoms with Crippen LogP contribution < -0.4 is 10.1 Å². The number of carbonyl (C=O) groups excluding carboxylic acids is 2. The van der Waals surface area contributed by atoms with Crippen molar-refractivity contribution in [2.75, 3.05) is 45.9 Å². The maximum absolute atomic E-state index is 12.7. The Morgan fingerprint density at radius 2 is 1.84 bits per heavy atom. The van der Waals surface area contributed by atoms with Gasteiger partial charge in [-0.3, -0.25) is 9.59 Å². The predicted octanol–water partition coefficient (Wildman–Crippen LogP) is 3.57. The SMILES string of the molecule is CCCCOc1ccc(C(=O)NCC(=O)N2CCCC(CN3CCC(C)CC3)C2)cc1. The highest BCUT2D eigenvalue weighted by Crippen LogP contribution is 2.22. The molecule has 1 aromatic rings. The van der Waals surface area contributed by atoms with Gasteiger partial charge >= 0.3 is 0 Å². The van der Waals surface area contributed by atoms with Crippen molar-refractivity contribution < 1.29 is 14.3 Å². The number of nitrogens with one attached hydrogen (secondary N) is 1. The molecule has 0 aromatic heterocycles. The Hall–Kier alpha value is -2.08. The fraction of sp³-hybridized carbons (Fsp3) is 0.680. The maximum atomic E-state index is 12.7. The fourth-order valence-electron chi connectivity index (χ4n) is 4.46. The average Bonchev–Trinajstić information content (AvgIpc) is 2.79. The van der Waals surface area contributed by atoms with E-state index in [2.05, 4.69) is 24.1 Å². The largest absolute Gasteiger partial charge is 0.494 e. The van der Waals surface area contributed by atoms with Gasteiger partial charge in [-0.25, -0.2) is 0 Å². The van der Waals surface area contributed by atoms with Gasteiger partial charge in [-0.2, -0.15) is 0 Å². The third-order valence-electron chi connectivity index (χ3n) is 6.55. The number of carbonyl (C=O) groups is 2. The third-order valence-corrected chi connectivity index (χ3v) is 6.55. The Labute approximate surface area is 187 Å². The van der Waals surface area contributed by atoms with Gasteiger partial charge in [0, 0.05) is 25.2 Å². The van der Waals surface area contributed by atoms with Gasteiger partial charge in [0.25, 0.3) is 5.91 Å². The van der Waals surface area contributed by atoms with E-state index >= 15 is 0 Å². The van der Waals surface area contributed by atoms with Gasteiger partial charge in [0.2, 0.25) is 5.91 Å². The molecule has 1 N–H and O–H groups in total. The van der Waals surface area contributed by atoms with Crippen LogP contribution in [0.25, 0.3) is 0 Å². The van der Waals surface area contributed by atoms with Crippen LogP contribution in [0, 0.1) is 11.8 Å². The molecule has 1 aromatic carbocycles. The normalized spacial score (nSPS) is 20.5. The lowest BCUT2D eigenvalue weighted by Crippen LogP contribution is -2.48. The first-order chi connectivity index (χ1) is 15.0. The summed E-state index contributed by atoms with van der Waals surface area (Å²) in [5.74, 6) is 1.95. The molecule has 0 spiro atoms. The summed E-state index contributed by atoms with van der Waals surface area (Å²) < 4.78 is 5.63. The predicted molar refractivity (Wildman–Crippen MR) is 123 cm³/mol. The number of likely N-dealkylation sites (tertiary alicyclic amines) is 2. The molecule has 0 bridgehead atoms. The Morgan fingerprint density at radius 1 is 1.10 bits per heavy atom. The molecular weight excluding hydrogens is 390 g/mol. The van der Waals surface area contributed by atoms with Gasteiger partial charge in [0.1, 0.15) is 5.75 Å². The minimum Gasteiger partial charge on any atom is -0.494 e. The molecule has 2 amide bonds. The molecular formula is C25H39N3O3. The Bertz CT molecular complexity index is 698. The van der Waals surface area contributed by atoms with E-state index in [-0.39, 0.29) is 18.4 Å². The van der Waals surface area contributed by atoms with Gasteiger partial charge < -0.3 is 19.9 Å². The quantitative estimate of drug-likeness (QED) is 0.610. The molecule has 1 unspecified atom stereocenters. The minimum absolute atomic E-state index is 0.0184. The number of rotatable bonds is 9. The highest BCUT2D eigenvalue weighted by molar-refractivity contribution is 5.96. The van der Waals surface area contributed by atoms with Crippen LogP contribution >= 0.6 is 0 Å². The fourth-order valence-corrected chi connectivity index (χ4v) is 4.46. The number of unbranched alkanes of at least 4 members (excludes halogenated alkanes) is 1. The third kappa shape index (κ3) is 7.53. The number of hydrogen-bond donors (Lipinski definition) is 1. The van der Waals surface area contributed by atoms with E-state index in [4.69, 9.17) is 4.74 Å². The van der Waals surface area contributed by atoms with E-state index in [0.29, 0.717) is 18.1 Å². The summed E-state index contributed by atoms with van der Waals surface area (Å²) >= 11 is 0. The first-order valence-corrected chi connectivity index (χ1v) is 12.1. The number of hydrogen-bond acceptors (Lipinski definition) is 4. The van der Waals surface area contributed by atoms with Crippen molar-refractivity contribution in [1.29, 1.82) is 0 Å². The Kier molecular flexibility index (Phi) is 9.19. The van der Waals surface area contributed by atoms with Crippen molar-refractivity contribution in [3.8, 4) is 5.75 Å². The molecule has 2 aliphatic rings. The van der Waals surface area contributed by atoms with Crippen LogP contribution in [0.4, 0.5) is 0 Å². The average molecular weight is 430 g/mol. The molecule has 1 atom stereocenters. The lowest BCUT2D eigenvalue weighted by Gasteiger charge is -2.37. The number of benzene rings is 1. The lowest BCUT2D eigenvalue weighted by molar-refractivity contribution is -0.132. The lowest BCUT2D eigenvalue weighted by atomic mass is 9.94. The van der Waals surface area contributed by atoms with Gasteiger partial charge in [-0.1, -0.05) is 20.3 Å². The van der Waals surface area contributed by atoms with E-state index in [1.54, 1.807) is 12.1 Å². The molecule has 0 saturated carbocycles. The van der Waals surface area contributed by atoms with Crippen LogP contribution in [0.3, 0.4) is 0 Å². The number of ether oxygens (including phenoxy) is 1. The second-order valence-corrected chi connectivity index (χ2v) is 9.24. The molecule has 2 saturated heterocycles. The maximum Gasteiger partial charge on any atom is 0.251 e. The van der Waals surface area contributed by atoms with Crippen LogP contribution in [0.2, 0.25) is 0 Å². The zero-order valence-electron chi connectivity index (χ0n) is 19.3. The van der Waals surface area contributed by atoms with E-state index in [1.807, 2.05) is 17.0 Å². The molecule has 0 aliphatic carbocycles. The Balaban J connectivity index is 1.40. The number of amides is 2. The van der Waals surface area contributed by atoms with E-state index in [0.717, 1.165) is 50.6 Å². The van der Waals surface area contributed by atoms with E-state index < -0.39 is 0 Å². The van der Waals surface area contributed by atoms with Crippen LogP contribution in [-0.2, 0) is 4.79 Å². The van der Waals surface area contributed by atoms with Crippen molar-refractivity contribution in [2.45, 2.75) is 52.4 Å². The number of piperidine rings is 2. The molecule has 0 radical (unpaired) electrons. The molecule has 2 aliphatic heterocycles. The van der Waals surface area contributed by atoms with Gasteiger partial charge in [0.15, 0.2) is 0 Å². The molecule has 31 heavy (non-hydrogen) atoms. The van der Waals surface area contributed by atoms with Crippen LogP contribution in [0.5, 0.6) is 5.75 Å². The molecule has 6 nitrogen and oxygen atoms in total. The van der Waals surface area contributed by atoms with Crippen molar-refractivity contribution >= 4 is 11.8 Å². The monoisotopic (exact) mass is 429 g/mol. The summed E-state index contributed by atoms with van der Waals surface area (Å²) in [4.78, 5) is 29.6. The second-order valence-electron chi connectivity index (χ2n) is 9.24. The van der Waals surface area contributed by atoms with E-state index in [9.17, 15) is 9.59 Å². The van der Waals surface area contributed by atoms with Crippen molar-refractivity contribution in [3.05, 3.63) is 29.8 Å². The second kappa shape index (κ2) is 12.1. The highest BCUT2D eigenvalue weighted by atomic mass is 16.5. The molecule has 6 heteroatoms. The molecule has 3 rings (SSSR count). The van der Waals surface area contributed by atoms with Crippen molar-refractivity contribution in [1.82, 2.24) is 15.1 Å². The smallest absolute Gasteiger partial charge is 0.251 e. The zero-order chi connectivity index (χ0) is 22.1. The summed E-state index contributed by atoms with van der Waals surface area (Å²) in [6, 6.07) is 7.11. The Morgan fingerprint density at radius 3 is 2.55 bits per heavy atom. The first-order valence-electron chi connectivity index (χ1n) is 12.1. The van der Waals surface area contributed by atoms with Crippen LogP contribution in [0.15, 0.2) is 24.3 Å². The van der Waals surface area contributed by atoms with E-state index in [1.165, 1.54) is 32.4 Å². The summed E-state index contributed by atoms with van der Waals surface area (Å²) in [7, 11) is 0. The first kappa shape index (κ1) is 23.6. The summed E-state index contributed by atoms with van der Waals surface area (Å²) in [5.41, 5.74) is 0.548. The van der Waals surface area contributed by atoms with Gasteiger partial charge in [-0.05, 0) is 81.3 Å². The van der Waals surface area contributed by atoms with Crippen LogP contribution in [-0.4, -0.2) is 67.5 Å². The van der Waals surface area contributed by atoms with Gasteiger partial charge in [0.05, 0.1) is 13.2 Å². The molecule has 2 fully saturated rings. The summed E-state index contributed by atoms with van der Waals surface area (Å²) in [6.45, 7) is 10.3. The standard InChI is InChI=1S/C25H39N3O3/c1-3-4-16-31-23-9-7-22(8-10-23)25(30)26-17-24(29)28-13-5-6-21(19-28)18-27-14-11-20(2)12-15-27/h7-10,20-21H,3-6,11-19H2,1-2H3,(H,26,30). The van der Waals surface area contributed by atoms with Crippen molar-refractivity contribution in [2.24, 2.45) is 11.8 Å².